The van der Waals surface area contributed by atoms with Crippen LogP contribution in [-0.4, -0.2) is 49.4 Å². The summed E-state index contributed by atoms with van der Waals surface area (Å²) in [4.78, 5) is 27.3. The van der Waals surface area contributed by atoms with Crippen molar-refractivity contribution in [2.24, 2.45) is 5.41 Å². The van der Waals surface area contributed by atoms with E-state index in [9.17, 15) is 14.0 Å². The molecule has 6 heteroatoms. The van der Waals surface area contributed by atoms with Gasteiger partial charge in [-0.3, -0.25) is 9.59 Å². The molecule has 2 amide bonds. The highest BCUT2D eigenvalue weighted by Crippen LogP contribution is 2.47. The number of likely N-dealkylation sites (tertiary alicyclic amines) is 1. The van der Waals surface area contributed by atoms with Gasteiger partial charge in [-0.1, -0.05) is 43.0 Å². The Morgan fingerprint density at radius 3 is 2.39 bits per heavy atom. The Labute approximate surface area is 212 Å². The molecule has 3 aliphatic rings. The number of nitrogens with one attached hydrogen (secondary N) is 2. The van der Waals surface area contributed by atoms with Crippen LogP contribution in [0, 0.1) is 23.1 Å². The van der Waals surface area contributed by atoms with Crippen LogP contribution in [-0.2, 0) is 9.59 Å². The molecular formula is C30H34FN3O2. The molecule has 2 aromatic carbocycles. The number of carbonyl (C=O) groups excluding carboxylic acids is 2. The van der Waals surface area contributed by atoms with Crippen LogP contribution in [0.5, 0.6) is 0 Å². The topological polar surface area (TPSA) is 61.4 Å². The molecule has 2 N–H and O–H groups in total. The van der Waals surface area contributed by atoms with Crippen molar-refractivity contribution < 1.29 is 14.0 Å². The lowest BCUT2D eigenvalue weighted by Gasteiger charge is -2.41. The van der Waals surface area contributed by atoms with Crippen LogP contribution in [0.4, 0.5) is 4.39 Å². The summed E-state index contributed by atoms with van der Waals surface area (Å²) < 4.78 is 13.4. The smallest absolute Gasteiger partial charge is 0.296 e. The van der Waals surface area contributed by atoms with Crippen LogP contribution in [0.25, 0.3) is 0 Å². The third-order valence-electron chi connectivity index (χ3n) is 8.38. The molecule has 1 aliphatic carbocycles. The SMILES string of the molecule is O=C(C#Cc1ccc(C2CCCC2)cc1)NCCN1CCC2(CC1)C(=O)NC[C@@H]2c1ccc(F)cc1. The van der Waals surface area contributed by atoms with E-state index in [0.717, 1.165) is 43.6 Å². The minimum Gasteiger partial charge on any atom is -0.355 e. The molecule has 5 nitrogen and oxygen atoms in total. The van der Waals surface area contributed by atoms with Crippen LogP contribution in [0.2, 0.25) is 0 Å². The van der Waals surface area contributed by atoms with Gasteiger partial charge in [0.1, 0.15) is 5.82 Å². The molecule has 2 aliphatic heterocycles. The second kappa shape index (κ2) is 10.8. The fraction of sp³-hybridized carbons (Fsp3) is 0.467. The fourth-order valence-corrected chi connectivity index (χ4v) is 6.21. The highest BCUT2D eigenvalue weighted by Gasteiger charge is 2.51. The molecule has 2 aromatic rings. The van der Waals surface area contributed by atoms with Gasteiger partial charge in [-0.25, -0.2) is 4.39 Å². The van der Waals surface area contributed by atoms with Crippen molar-refractivity contribution in [3.63, 3.8) is 0 Å². The van der Waals surface area contributed by atoms with Crippen LogP contribution in [0.1, 0.15) is 67.1 Å². The van der Waals surface area contributed by atoms with E-state index >= 15 is 0 Å². The average Bonchev–Trinajstić information content (AvgIpc) is 3.54. The second-order valence-corrected chi connectivity index (χ2v) is 10.4. The molecule has 0 aromatic heterocycles. The van der Waals surface area contributed by atoms with Gasteiger partial charge < -0.3 is 15.5 Å². The molecule has 1 spiro atoms. The van der Waals surface area contributed by atoms with E-state index < -0.39 is 5.41 Å². The molecule has 2 heterocycles. The molecule has 0 radical (unpaired) electrons. The number of benzene rings is 2. The van der Waals surface area contributed by atoms with Crippen LogP contribution in [0.15, 0.2) is 48.5 Å². The zero-order valence-corrected chi connectivity index (χ0v) is 20.7. The van der Waals surface area contributed by atoms with Gasteiger partial charge in [-0.05, 0) is 80.1 Å². The molecule has 3 fully saturated rings. The number of hydrogen-bond acceptors (Lipinski definition) is 3. The van der Waals surface area contributed by atoms with E-state index in [1.807, 2.05) is 12.1 Å². The van der Waals surface area contributed by atoms with Crippen LogP contribution >= 0.6 is 0 Å². The summed E-state index contributed by atoms with van der Waals surface area (Å²) >= 11 is 0. The number of amides is 2. The summed E-state index contributed by atoms with van der Waals surface area (Å²) in [6.07, 6.45) is 6.69. The number of halogens is 1. The zero-order chi connectivity index (χ0) is 25.0. The average molecular weight is 488 g/mol. The van der Waals surface area contributed by atoms with E-state index in [-0.39, 0.29) is 23.5 Å². The predicted octanol–water partition coefficient (Wildman–Crippen LogP) is 3.95. The minimum absolute atomic E-state index is 0.0648. The Hall–Kier alpha value is -3.17. The van der Waals surface area contributed by atoms with Crippen molar-refractivity contribution in [3.05, 3.63) is 71.0 Å². The summed E-state index contributed by atoms with van der Waals surface area (Å²) in [6.45, 7) is 3.43. The van der Waals surface area contributed by atoms with E-state index in [4.69, 9.17) is 0 Å². The molecule has 36 heavy (non-hydrogen) atoms. The number of nitrogens with zero attached hydrogens (tertiary/aromatic N) is 1. The summed E-state index contributed by atoms with van der Waals surface area (Å²) in [6, 6.07) is 14.9. The lowest BCUT2D eigenvalue weighted by Crippen LogP contribution is -2.47. The Morgan fingerprint density at radius 1 is 1.03 bits per heavy atom. The predicted molar refractivity (Wildman–Crippen MR) is 138 cm³/mol. The Bertz CT molecular complexity index is 1140. The van der Waals surface area contributed by atoms with Crippen molar-refractivity contribution in [2.45, 2.75) is 50.4 Å². The van der Waals surface area contributed by atoms with Crippen molar-refractivity contribution in [1.82, 2.24) is 15.5 Å². The Balaban J connectivity index is 1.08. The van der Waals surface area contributed by atoms with Gasteiger partial charge >= 0.3 is 0 Å². The third kappa shape index (κ3) is 5.32. The maximum atomic E-state index is 13.4. The first kappa shape index (κ1) is 24.5. The molecule has 0 unspecified atom stereocenters. The second-order valence-electron chi connectivity index (χ2n) is 10.4. The summed E-state index contributed by atoms with van der Waals surface area (Å²) in [7, 11) is 0. The molecular weight excluding hydrogens is 453 g/mol. The Kier molecular flexibility index (Phi) is 7.38. The van der Waals surface area contributed by atoms with Gasteiger partial charge in [0.15, 0.2) is 0 Å². The highest BCUT2D eigenvalue weighted by molar-refractivity contribution is 5.94. The molecule has 0 bridgehead atoms. The molecule has 188 valence electrons. The largest absolute Gasteiger partial charge is 0.355 e. The molecule has 5 rings (SSSR count). The van der Waals surface area contributed by atoms with Crippen LogP contribution < -0.4 is 10.6 Å². The lowest BCUT2D eigenvalue weighted by molar-refractivity contribution is -0.130. The summed E-state index contributed by atoms with van der Waals surface area (Å²) in [5.41, 5.74) is 2.82. The fourth-order valence-electron chi connectivity index (χ4n) is 6.21. The minimum atomic E-state index is -0.434. The molecule has 1 atom stereocenters. The first-order valence-electron chi connectivity index (χ1n) is 13.2. The standard InChI is InChI=1S/C30H34FN3O2/c31-26-12-10-25(11-13-26)27-21-33-29(36)30(27)15-18-34(19-16-30)20-17-32-28(35)14-7-22-5-8-24(9-6-22)23-3-1-2-4-23/h5-6,8-13,23,27H,1-4,15-21H2,(H,32,35)(H,33,36)/t27-/m1/s1. The summed E-state index contributed by atoms with van der Waals surface area (Å²) in [5.74, 6) is 5.99. The number of rotatable bonds is 5. The van der Waals surface area contributed by atoms with Gasteiger partial charge in [0.05, 0.1) is 5.41 Å². The van der Waals surface area contributed by atoms with E-state index in [0.29, 0.717) is 19.0 Å². The van der Waals surface area contributed by atoms with Gasteiger partial charge in [-0.15, -0.1) is 0 Å². The van der Waals surface area contributed by atoms with Crippen molar-refractivity contribution >= 4 is 11.8 Å². The lowest BCUT2D eigenvalue weighted by atomic mass is 9.68. The van der Waals surface area contributed by atoms with Gasteiger partial charge in [-0.2, -0.15) is 0 Å². The quantitative estimate of drug-likeness (QED) is 0.628. The van der Waals surface area contributed by atoms with Crippen LogP contribution in [0.3, 0.4) is 0 Å². The van der Waals surface area contributed by atoms with Gasteiger partial charge in [0, 0.05) is 37.0 Å². The zero-order valence-electron chi connectivity index (χ0n) is 20.7. The number of piperidine rings is 1. The first-order chi connectivity index (χ1) is 17.5. The van der Waals surface area contributed by atoms with Crippen molar-refractivity contribution in [1.29, 1.82) is 0 Å². The summed E-state index contributed by atoms with van der Waals surface area (Å²) in [5, 5.41) is 5.93. The number of carbonyl (C=O) groups is 2. The molecule has 1 saturated carbocycles. The monoisotopic (exact) mass is 487 g/mol. The first-order valence-corrected chi connectivity index (χ1v) is 13.2. The Morgan fingerprint density at radius 2 is 1.69 bits per heavy atom. The van der Waals surface area contributed by atoms with Crippen molar-refractivity contribution in [3.8, 4) is 11.8 Å². The van der Waals surface area contributed by atoms with Gasteiger partial charge in [0.25, 0.3) is 5.91 Å². The van der Waals surface area contributed by atoms with E-state index in [1.54, 1.807) is 12.1 Å². The number of hydrogen-bond donors (Lipinski definition) is 2. The van der Waals surface area contributed by atoms with Gasteiger partial charge in [0.2, 0.25) is 5.91 Å². The van der Waals surface area contributed by atoms with Crippen molar-refractivity contribution in [2.75, 3.05) is 32.7 Å². The van der Waals surface area contributed by atoms with E-state index in [1.165, 1.54) is 43.4 Å². The normalized spacial score (nSPS) is 21.7. The van der Waals surface area contributed by atoms with E-state index in [2.05, 4.69) is 39.5 Å². The highest BCUT2D eigenvalue weighted by atomic mass is 19.1. The third-order valence-corrected chi connectivity index (χ3v) is 8.38. The molecule has 2 saturated heterocycles. The maximum Gasteiger partial charge on any atom is 0.296 e. The maximum absolute atomic E-state index is 13.4.